The molecule has 0 amide bonds. The van der Waals surface area contributed by atoms with Gasteiger partial charge >= 0.3 is 0 Å². The summed E-state index contributed by atoms with van der Waals surface area (Å²) in [6.45, 7) is 5.80. The lowest BCUT2D eigenvalue weighted by Gasteiger charge is -2.13. The van der Waals surface area contributed by atoms with Gasteiger partial charge in [0.25, 0.3) is 0 Å². The van der Waals surface area contributed by atoms with Crippen LogP contribution in [0.3, 0.4) is 0 Å². The third-order valence-corrected chi connectivity index (χ3v) is 1.70. The lowest BCUT2D eigenvalue weighted by molar-refractivity contribution is 0.346. The van der Waals surface area contributed by atoms with Gasteiger partial charge in [-0.05, 0) is 26.6 Å². The maximum absolute atomic E-state index is 11.6. The maximum Gasteiger partial charge on any atom is 0.0906 e. The van der Waals surface area contributed by atoms with Gasteiger partial charge in [-0.3, -0.25) is 4.39 Å². The van der Waals surface area contributed by atoms with Crippen LogP contribution in [0.15, 0.2) is 0 Å². The summed E-state index contributed by atoms with van der Waals surface area (Å²) in [7, 11) is 2.08. The van der Waals surface area contributed by atoms with E-state index in [9.17, 15) is 4.39 Å². The maximum atomic E-state index is 11.6. The highest BCUT2D eigenvalue weighted by atomic mass is 19.1. The van der Waals surface area contributed by atoms with E-state index >= 15 is 0 Å². The molecular weight excluding hydrogens is 143 g/mol. The van der Waals surface area contributed by atoms with Crippen LogP contribution in [-0.2, 0) is 0 Å². The van der Waals surface area contributed by atoms with Crippen LogP contribution in [0.1, 0.15) is 13.3 Å². The summed E-state index contributed by atoms with van der Waals surface area (Å²) >= 11 is 0. The van der Waals surface area contributed by atoms with Crippen LogP contribution < -0.4 is 5.32 Å². The molecule has 1 N–H and O–H groups in total. The Balaban J connectivity index is 2.89. The van der Waals surface area contributed by atoms with Crippen molar-refractivity contribution in [1.82, 2.24) is 10.2 Å². The Morgan fingerprint density at radius 3 is 2.64 bits per heavy atom. The number of rotatable bonds is 7. The lowest BCUT2D eigenvalue weighted by atomic mass is 10.4. The van der Waals surface area contributed by atoms with Crippen molar-refractivity contribution in [2.45, 2.75) is 13.3 Å². The number of hydrogen-bond donors (Lipinski definition) is 1. The van der Waals surface area contributed by atoms with E-state index < -0.39 is 0 Å². The SMILES string of the molecule is CCN(C)CCNCCCF. The number of likely N-dealkylation sites (N-methyl/N-ethyl adjacent to an activating group) is 1. The molecule has 0 unspecified atom stereocenters. The summed E-state index contributed by atoms with van der Waals surface area (Å²) in [4.78, 5) is 2.22. The molecule has 0 bridgehead atoms. The van der Waals surface area contributed by atoms with Gasteiger partial charge in [0.05, 0.1) is 6.67 Å². The Bertz CT molecular complexity index is 78.5. The highest BCUT2D eigenvalue weighted by molar-refractivity contribution is 4.52. The van der Waals surface area contributed by atoms with Crippen molar-refractivity contribution < 1.29 is 4.39 Å². The van der Waals surface area contributed by atoms with Gasteiger partial charge in [0.15, 0.2) is 0 Å². The van der Waals surface area contributed by atoms with E-state index in [-0.39, 0.29) is 6.67 Å². The second kappa shape index (κ2) is 7.95. The third kappa shape index (κ3) is 7.75. The highest BCUT2D eigenvalue weighted by Gasteiger charge is 1.92. The molecule has 0 aromatic rings. The minimum absolute atomic E-state index is 0.212. The molecule has 0 spiro atoms. The number of alkyl halides is 1. The van der Waals surface area contributed by atoms with Crippen LogP contribution in [0.25, 0.3) is 0 Å². The summed E-state index contributed by atoms with van der Waals surface area (Å²) in [6.07, 6.45) is 0.635. The zero-order valence-corrected chi connectivity index (χ0v) is 7.57. The Morgan fingerprint density at radius 1 is 1.36 bits per heavy atom. The Kier molecular flexibility index (Phi) is 7.84. The molecule has 0 aliphatic heterocycles. The van der Waals surface area contributed by atoms with E-state index in [1.165, 1.54) is 0 Å². The first-order valence-electron chi connectivity index (χ1n) is 4.26. The first-order valence-corrected chi connectivity index (χ1v) is 4.26. The Morgan fingerprint density at radius 2 is 2.09 bits per heavy atom. The molecule has 0 saturated carbocycles. The predicted octanol–water partition coefficient (Wildman–Crippen LogP) is 0.887. The molecule has 0 radical (unpaired) electrons. The largest absolute Gasteiger partial charge is 0.315 e. The zero-order valence-electron chi connectivity index (χ0n) is 7.57. The number of nitrogens with one attached hydrogen (secondary N) is 1. The molecule has 0 aromatic heterocycles. The van der Waals surface area contributed by atoms with Crippen LogP contribution in [0.2, 0.25) is 0 Å². The minimum atomic E-state index is -0.212. The molecule has 3 heteroatoms. The van der Waals surface area contributed by atoms with Gasteiger partial charge in [-0.1, -0.05) is 6.92 Å². The molecule has 0 fully saturated rings. The molecule has 0 heterocycles. The topological polar surface area (TPSA) is 15.3 Å². The van der Waals surface area contributed by atoms with E-state index in [2.05, 4.69) is 24.2 Å². The quantitative estimate of drug-likeness (QED) is 0.559. The molecule has 0 saturated heterocycles. The van der Waals surface area contributed by atoms with Crippen molar-refractivity contribution in [3.8, 4) is 0 Å². The minimum Gasteiger partial charge on any atom is -0.315 e. The van der Waals surface area contributed by atoms with Crippen LogP contribution >= 0.6 is 0 Å². The predicted molar refractivity (Wildman–Crippen MR) is 46.6 cm³/mol. The van der Waals surface area contributed by atoms with Gasteiger partial charge in [0.2, 0.25) is 0 Å². The van der Waals surface area contributed by atoms with E-state index in [4.69, 9.17) is 0 Å². The van der Waals surface area contributed by atoms with Gasteiger partial charge in [-0.15, -0.1) is 0 Å². The monoisotopic (exact) mass is 162 g/mol. The van der Waals surface area contributed by atoms with Crippen LogP contribution in [0.4, 0.5) is 4.39 Å². The van der Waals surface area contributed by atoms with Crippen molar-refractivity contribution >= 4 is 0 Å². The van der Waals surface area contributed by atoms with E-state index in [1.807, 2.05) is 0 Å². The molecule has 11 heavy (non-hydrogen) atoms. The Labute approximate surface area is 68.8 Å². The van der Waals surface area contributed by atoms with Crippen molar-refractivity contribution in [2.75, 3.05) is 39.9 Å². The average Bonchev–Trinajstić information content (AvgIpc) is 2.04. The van der Waals surface area contributed by atoms with Gasteiger partial charge in [-0.2, -0.15) is 0 Å². The van der Waals surface area contributed by atoms with Gasteiger partial charge in [0.1, 0.15) is 0 Å². The molecule has 68 valence electrons. The van der Waals surface area contributed by atoms with Crippen LogP contribution in [0, 0.1) is 0 Å². The van der Waals surface area contributed by atoms with Crippen LogP contribution in [-0.4, -0.2) is 44.8 Å². The molecular formula is C8H19FN2. The highest BCUT2D eigenvalue weighted by Crippen LogP contribution is 1.79. The van der Waals surface area contributed by atoms with Crippen molar-refractivity contribution in [1.29, 1.82) is 0 Å². The molecule has 0 aliphatic rings. The number of nitrogens with zero attached hydrogens (tertiary/aromatic N) is 1. The zero-order chi connectivity index (χ0) is 8.53. The summed E-state index contributed by atoms with van der Waals surface area (Å²) in [6, 6.07) is 0. The molecule has 0 aliphatic carbocycles. The first kappa shape index (κ1) is 10.8. The fourth-order valence-electron chi connectivity index (χ4n) is 0.745. The summed E-state index contributed by atoms with van der Waals surface area (Å²) in [5.41, 5.74) is 0. The lowest BCUT2D eigenvalue weighted by Crippen LogP contribution is -2.29. The van der Waals surface area contributed by atoms with E-state index in [0.29, 0.717) is 6.42 Å². The summed E-state index contributed by atoms with van der Waals surface area (Å²) in [5.74, 6) is 0. The van der Waals surface area contributed by atoms with Gasteiger partial charge in [-0.25, -0.2) is 0 Å². The molecule has 0 aromatic carbocycles. The summed E-state index contributed by atoms with van der Waals surface area (Å²) < 4.78 is 11.6. The number of hydrogen-bond acceptors (Lipinski definition) is 2. The second-order valence-electron chi connectivity index (χ2n) is 2.69. The second-order valence-corrected chi connectivity index (χ2v) is 2.69. The van der Waals surface area contributed by atoms with Crippen molar-refractivity contribution in [3.63, 3.8) is 0 Å². The first-order chi connectivity index (χ1) is 5.31. The smallest absolute Gasteiger partial charge is 0.0906 e. The summed E-state index contributed by atoms with van der Waals surface area (Å²) in [5, 5.41) is 3.17. The van der Waals surface area contributed by atoms with Gasteiger partial charge < -0.3 is 10.2 Å². The van der Waals surface area contributed by atoms with Crippen LogP contribution in [0.5, 0.6) is 0 Å². The fraction of sp³-hybridized carbons (Fsp3) is 1.00. The van der Waals surface area contributed by atoms with E-state index in [0.717, 1.165) is 26.2 Å². The van der Waals surface area contributed by atoms with Crippen molar-refractivity contribution in [3.05, 3.63) is 0 Å². The number of halogens is 1. The van der Waals surface area contributed by atoms with Crippen molar-refractivity contribution in [2.24, 2.45) is 0 Å². The van der Waals surface area contributed by atoms with E-state index in [1.54, 1.807) is 0 Å². The molecule has 0 rings (SSSR count). The standard InChI is InChI=1S/C8H19FN2/c1-3-11(2)8-7-10-6-4-5-9/h10H,3-8H2,1-2H3. The fourth-order valence-corrected chi connectivity index (χ4v) is 0.745. The average molecular weight is 162 g/mol. The molecule has 0 atom stereocenters. The normalized spacial score (nSPS) is 10.9. The molecule has 2 nitrogen and oxygen atoms in total. The third-order valence-electron chi connectivity index (χ3n) is 1.70. The Hall–Kier alpha value is -0.150. The van der Waals surface area contributed by atoms with Gasteiger partial charge in [0, 0.05) is 13.1 Å².